The summed E-state index contributed by atoms with van der Waals surface area (Å²) in [5.74, 6) is 1.99. The van der Waals surface area contributed by atoms with Crippen LogP contribution in [0, 0.1) is 6.92 Å². The standard InChI is InChI=1S/C16H22N4O3S/c1-10-7-20(8-11(2)23-10)14(21)9-24-16-18-17-15(19(16)4)13-5-6-22-12(13)3/h5-6,10-11H,7-9H2,1-4H3/t10-,11+. The van der Waals surface area contributed by atoms with Gasteiger partial charge in [-0.3, -0.25) is 4.79 Å². The molecule has 0 N–H and O–H groups in total. The summed E-state index contributed by atoms with van der Waals surface area (Å²) < 4.78 is 12.9. The lowest BCUT2D eigenvalue weighted by molar-refractivity contribution is -0.140. The predicted molar refractivity (Wildman–Crippen MR) is 90.8 cm³/mol. The van der Waals surface area contributed by atoms with E-state index in [1.54, 1.807) is 6.26 Å². The molecule has 0 aromatic carbocycles. The number of amides is 1. The van der Waals surface area contributed by atoms with Crippen molar-refractivity contribution in [1.29, 1.82) is 0 Å². The molecule has 2 aromatic rings. The van der Waals surface area contributed by atoms with Crippen molar-refractivity contribution in [2.45, 2.75) is 38.1 Å². The molecule has 1 saturated heterocycles. The molecule has 2 atom stereocenters. The lowest BCUT2D eigenvalue weighted by Gasteiger charge is -2.35. The minimum Gasteiger partial charge on any atom is -0.469 e. The first-order valence-corrected chi connectivity index (χ1v) is 8.94. The molecule has 8 heteroatoms. The Hall–Kier alpha value is -1.80. The van der Waals surface area contributed by atoms with E-state index >= 15 is 0 Å². The molecule has 2 aromatic heterocycles. The molecule has 1 amide bonds. The van der Waals surface area contributed by atoms with Gasteiger partial charge in [0.05, 0.1) is 29.8 Å². The van der Waals surface area contributed by atoms with E-state index in [4.69, 9.17) is 9.15 Å². The molecule has 0 saturated carbocycles. The Morgan fingerprint density at radius 2 is 2.04 bits per heavy atom. The summed E-state index contributed by atoms with van der Waals surface area (Å²) in [7, 11) is 1.90. The first-order chi connectivity index (χ1) is 11.5. The molecule has 24 heavy (non-hydrogen) atoms. The van der Waals surface area contributed by atoms with Crippen LogP contribution >= 0.6 is 11.8 Å². The van der Waals surface area contributed by atoms with Gasteiger partial charge in [0.25, 0.3) is 0 Å². The van der Waals surface area contributed by atoms with Crippen molar-refractivity contribution in [3.05, 3.63) is 18.1 Å². The molecule has 7 nitrogen and oxygen atoms in total. The molecule has 0 radical (unpaired) electrons. The van der Waals surface area contributed by atoms with E-state index in [0.29, 0.717) is 24.0 Å². The monoisotopic (exact) mass is 350 g/mol. The van der Waals surface area contributed by atoms with Gasteiger partial charge in [-0.25, -0.2) is 0 Å². The molecule has 0 aliphatic carbocycles. The topological polar surface area (TPSA) is 73.4 Å². The summed E-state index contributed by atoms with van der Waals surface area (Å²) in [6.07, 6.45) is 1.79. The van der Waals surface area contributed by atoms with Crippen LogP contribution in [0.3, 0.4) is 0 Å². The summed E-state index contributed by atoms with van der Waals surface area (Å²) >= 11 is 1.40. The molecule has 0 spiro atoms. The third-order valence-corrected chi connectivity index (χ3v) is 5.04. The van der Waals surface area contributed by atoms with Gasteiger partial charge in [0.2, 0.25) is 5.91 Å². The second-order valence-corrected chi connectivity index (χ2v) is 7.04. The molecular weight excluding hydrogens is 328 g/mol. The number of rotatable bonds is 4. The highest BCUT2D eigenvalue weighted by Crippen LogP contribution is 2.26. The molecule has 1 aliphatic rings. The van der Waals surface area contributed by atoms with Gasteiger partial charge in [0, 0.05) is 20.1 Å². The fourth-order valence-electron chi connectivity index (χ4n) is 2.89. The summed E-state index contributed by atoms with van der Waals surface area (Å²) in [4.78, 5) is 14.3. The SMILES string of the molecule is Cc1occc1-c1nnc(SCC(=O)N2C[C@@H](C)O[C@@H](C)C2)n1C. The maximum atomic E-state index is 12.4. The van der Waals surface area contributed by atoms with Crippen molar-refractivity contribution in [1.82, 2.24) is 19.7 Å². The normalized spacial score (nSPS) is 21.2. The van der Waals surface area contributed by atoms with Gasteiger partial charge < -0.3 is 18.6 Å². The third kappa shape index (κ3) is 3.49. The first-order valence-electron chi connectivity index (χ1n) is 7.95. The van der Waals surface area contributed by atoms with E-state index < -0.39 is 0 Å². The van der Waals surface area contributed by atoms with Crippen LogP contribution in [0.25, 0.3) is 11.4 Å². The Bertz CT molecular complexity index is 717. The van der Waals surface area contributed by atoms with Gasteiger partial charge in [-0.15, -0.1) is 10.2 Å². The van der Waals surface area contributed by atoms with Crippen LogP contribution in [0.2, 0.25) is 0 Å². The Kier molecular flexibility index (Phi) is 4.96. The van der Waals surface area contributed by atoms with E-state index in [1.165, 1.54) is 11.8 Å². The summed E-state index contributed by atoms with van der Waals surface area (Å²) in [5, 5.41) is 9.14. The zero-order valence-corrected chi connectivity index (χ0v) is 15.2. The Balaban J connectivity index is 1.64. The summed E-state index contributed by atoms with van der Waals surface area (Å²) in [6, 6.07) is 1.87. The van der Waals surface area contributed by atoms with E-state index in [0.717, 1.165) is 17.1 Å². The van der Waals surface area contributed by atoms with Gasteiger partial charge in [-0.05, 0) is 26.8 Å². The van der Waals surface area contributed by atoms with Crippen LogP contribution in [0.5, 0.6) is 0 Å². The number of thioether (sulfide) groups is 1. The van der Waals surface area contributed by atoms with Crippen LogP contribution in [-0.2, 0) is 16.6 Å². The van der Waals surface area contributed by atoms with Crippen molar-refractivity contribution in [2.24, 2.45) is 7.05 Å². The highest BCUT2D eigenvalue weighted by molar-refractivity contribution is 7.99. The van der Waals surface area contributed by atoms with Crippen LogP contribution in [0.1, 0.15) is 19.6 Å². The van der Waals surface area contributed by atoms with Crippen LogP contribution < -0.4 is 0 Å². The number of aromatic nitrogens is 3. The number of hydrogen-bond donors (Lipinski definition) is 0. The zero-order chi connectivity index (χ0) is 17.3. The van der Waals surface area contributed by atoms with Crippen molar-refractivity contribution < 1.29 is 13.9 Å². The second kappa shape index (κ2) is 6.98. The minimum absolute atomic E-state index is 0.0770. The van der Waals surface area contributed by atoms with Gasteiger partial charge >= 0.3 is 0 Å². The van der Waals surface area contributed by atoms with Crippen LogP contribution in [0.15, 0.2) is 21.9 Å². The van der Waals surface area contributed by atoms with Gasteiger partial charge in [-0.1, -0.05) is 11.8 Å². The number of ether oxygens (including phenoxy) is 1. The van der Waals surface area contributed by atoms with Gasteiger partial charge in [0.1, 0.15) is 5.76 Å². The third-order valence-electron chi connectivity index (χ3n) is 4.03. The quantitative estimate of drug-likeness (QED) is 0.787. The predicted octanol–water partition coefficient (Wildman–Crippen LogP) is 2.11. The van der Waals surface area contributed by atoms with Gasteiger partial charge in [0.15, 0.2) is 11.0 Å². The fraction of sp³-hybridized carbons (Fsp3) is 0.562. The Labute approximate surface area is 145 Å². The molecular formula is C16H22N4O3S. The fourth-order valence-corrected chi connectivity index (χ4v) is 3.71. The highest BCUT2D eigenvalue weighted by Gasteiger charge is 2.26. The molecule has 3 heterocycles. The van der Waals surface area contributed by atoms with E-state index in [-0.39, 0.29) is 18.1 Å². The summed E-state index contributed by atoms with van der Waals surface area (Å²) in [5.41, 5.74) is 0.916. The Morgan fingerprint density at radius 3 is 2.67 bits per heavy atom. The molecule has 0 bridgehead atoms. The second-order valence-electron chi connectivity index (χ2n) is 6.10. The number of aryl methyl sites for hydroxylation is 1. The van der Waals surface area contributed by atoms with Crippen LogP contribution in [-0.4, -0.2) is 56.6 Å². The number of morpholine rings is 1. The van der Waals surface area contributed by atoms with E-state index in [1.807, 2.05) is 43.4 Å². The summed E-state index contributed by atoms with van der Waals surface area (Å²) in [6.45, 7) is 7.15. The largest absolute Gasteiger partial charge is 0.469 e. The van der Waals surface area contributed by atoms with Crippen molar-refractivity contribution in [2.75, 3.05) is 18.8 Å². The lowest BCUT2D eigenvalue weighted by atomic mass is 10.2. The smallest absolute Gasteiger partial charge is 0.233 e. The average molecular weight is 350 g/mol. The van der Waals surface area contributed by atoms with Crippen molar-refractivity contribution >= 4 is 17.7 Å². The average Bonchev–Trinajstić information content (AvgIpc) is 3.09. The van der Waals surface area contributed by atoms with Crippen molar-refractivity contribution in [3.8, 4) is 11.4 Å². The van der Waals surface area contributed by atoms with Crippen molar-refractivity contribution in [3.63, 3.8) is 0 Å². The minimum atomic E-state index is 0.0770. The molecule has 0 unspecified atom stereocenters. The maximum Gasteiger partial charge on any atom is 0.233 e. The van der Waals surface area contributed by atoms with Crippen LogP contribution in [0.4, 0.5) is 0 Å². The van der Waals surface area contributed by atoms with Gasteiger partial charge in [-0.2, -0.15) is 0 Å². The number of hydrogen-bond acceptors (Lipinski definition) is 6. The number of carbonyl (C=O) groups is 1. The number of nitrogens with zero attached hydrogens (tertiary/aromatic N) is 4. The molecule has 130 valence electrons. The maximum absolute atomic E-state index is 12.4. The molecule has 3 rings (SSSR count). The Morgan fingerprint density at radius 1 is 1.33 bits per heavy atom. The van der Waals surface area contributed by atoms with E-state index in [2.05, 4.69) is 10.2 Å². The first kappa shape index (κ1) is 17.0. The van der Waals surface area contributed by atoms with E-state index in [9.17, 15) is 4.79 Å². The number of furan rings is 1. The highest BCUT2D eigenvalue weighted by atomic mass is 32.2. The zero-order valence-electron chi connectivity index (χ0n) is 14.4. The number of carbonyl (C=O) groups excluding carboxylic acids is 1. The molecule has 1 aliphatic heterocycles. The lowest BCUT2D eigenvalue weighted by Crippen LogP contribution is -2.48. The molecule has 1 fully saturated rings.